The largest absolute Gasteiger partial charge is 0.494 e. The molecule has 1 fully saturated rings. The van der Waals surface area contributed by atoms with Crippen LogP contribution in [0.25, 0.3) is 6.08 Å². The van der Waals surface area contributed by atoms with Crippen molar-refractivity contribution in [2.45, 2.75) is 20.8 Å². The Balaban J connectivity index is 1.86. The number of carbonyl (C=O) groups excluding carboxylic acids is 2. The van der Waals surface area contributed by atoms with Gasteiger partial charge in [-0.3, -0.25) is 19.8 Å². The topological polar surface area (TPSA) is 67.9 Å². The van der Waals surface area contributed by atoms with Gasteiger partial charge in [0.2, 0.25) is 0 Å². The number of hydrogen-bond donors (Lipinski definition) is 1. The molecular formula is C23H24N2O4S. The van der Waals surface area contributed by atoms with E-state index in [4.69, 9.17) is 21.7 Å². The van der Waals surface area contributed by atoms with Gasteiger partial charge in [-0.15, -0.1) is 0 Å². The Labute approximate surface area is 181 Å². The van der Waals surface area contributed by atoms with Crippen LogP contribution in [0.3, 0.4) is 0 Å². The SMILES string of the molecule is CCOc1cccc(N2C(=O)C(=Cc3ccc(OCC(C)C)cc3)C(=O)NC2=S)c1. The lowest BCUT2D eigenvalue weighted by Crippen LogP contribution is -2.54. The van der Waals surface area contributed by atoms with Crippen LogP contribution in [0.1, 0.15) is 26.3 Å². The summed E-state index contributed by atoms with van der Waals surface area (Å²) >= 11 is 5.24. The fourth-order valence-electron chi connectivity index (χ4n) is 2.86. The van der Waals surface area contributed by atoms with Crippen LogP contribution in [0.15, 0.2) is 54.1 Å². The third-order valence-electron chi connectivity index (χ3n) is 4.26. The maximum Gasteiger partial charge on any atom is 0.270 e. The van der Waals surface area contributed by atoms with Crippen molar-refractivity contribution in [1.82, 2.24) is 5.32 Å². The number of hydrogen-bond acceptors (Lipinski definition) is 5. The lowest BCUT2D eigenvalue weighted by molar-refractivity contribution is -0.122. The number of carbonyl (C=O) groups is 2. The van der Waals surface area contributed by atoms with Crippen LogP contribution in [0.4, 0.5) is 5.69 Å². The minimum Gasteiger partial charge on any atom is -0.494 e. The van der Waals surface area contributed by atoms with Gasteiger partial charge in [0.15, 0.2) is 5.11 Å². The van der Waals surface area contributed by atoms with E-state index in [1.54, 1.807) is 42.5 Å². The molecule has 1 N–H and O–H groups in total. The van der Waals surface area contributed by atoms with Crippen molar-refractivity contribution in [2.75, 3.05) is 18.1 Å². The van der Waals surface area contributed by atoms with Crippen LogP contribution < -0.4 is 19.7 Å². The first-order chi connectivity index (χ1) is 14.4. The first-order valence-corrected chi connectivity index (χ1v) is 10.2. The van der Waals surface area contributed by atoms with E-state index < -0.39 is 11.8 Å². The van der Waals surface area contributed by atoms with E-state index in [1.165, 1.54) is 4.90 Å². The smallest absolute Gasteiger partial charge is 0.270 e. The molecule has 2 amide bonds. The van der Waals surface area contributed by atoms with E-state index in [1.807, 2.05) is 19.1 Å². The van der Waals surface area contributed by atoms with E-state index in [0.717, 1.165) is 5.75 Å². The normalized spacial score (nSPS) is 15.5. The number of ether oxygens (including phenoxy) is 2. The Morgan fingerprint density at radius 2 is 1.80 bits per heavy atom. The number of rotatable bonds is 7. The summed E-state index contributed by atoms with van der Waals surface area (Å²) < 4.78 is 11.2. The van der Waals surface area contributed by atoms with Crippen molar-refractivity contribution in [2.24, 2.45) is 5.92 Å². The van der Waals surface area contributed by atoms with E-state index in [9.17, 15) is 9.59 Å². The molecule has 0 spiro atoms. The van der Waals surface area contributed by atoms with Gasteiger partial charge in [0, 0.05) is 6.07 Å². The summed E-state index contributed by atoms with van der Waals surface area (Å²) in [6, 6.07) is 14.2. The van der Waals surface area contributed by atoms with Crippen LogP contribution in [0.5, 0.6) is 11.5 Å². The summed E-state index contributed by atoms with van der Waals surface area (Å²) in [6.07, 6.45) is 1.55. The summed E-state index contributed by atoms with van der Waals surface area (Å²) in [5, 5.41) is 2.62. The van der Waals surface area contributed by atoms with Crippen molar-refractivity contribution in [3.05, 3.63) is 59.7 Å². The zero-order valence-electron chi connectivity index (χ0n) is 17.2. The Morgan fingerprint density at radius 1 is 1.07 bits per heavy atom. The van der Waals surface area contributed by atoms with Gasteiger partial charge in [-0.05, 0) is 61.0 Å². The molecule has 30 heavy (non-hydrogen) atoms. The molecule has 0 unspecified atom stereocenters. The van der Waals surface area contributed by atoms with E-state index in [0.29, 0.717) is 36.1 Å². The van der Waals surface area contributed by atoms with Gasteiger partial charge in [0.05, 0.1) is 18.9 Å². The predicted molar refractivity (Wildman–Crippen MR) is 121 cm³/mol. The second-order valence-corrected chi connectivity index (χ2v) is 7.55. The highest BCUT2D eigenvalue weighted by Gasteiger charge is 2.34. The predicted octanol–water partition coefficient (Wildman–Crippen LogP) is 3.95. The number of nitrogens with one attached hydrogen (secondary N) is 1. The quantitative estimate of drug-likeness (QED) is 0.414. The van der Waals surface area contributed by atoms with Crippen molar-refractivity contribution < 1.29 is 19.1 Å². The number of nitrogens with zero attached hydrogens (tertiary/aromatic N) is 1. The zero-order valence-corrected chi connectivity index (χ0v) is 18.0. The average Bonchev–Trinajstić information content (AvgIpc) is 2.71. The lowest BCUT2D eigenvalue weighted by Gasteiger charge is -2.29. The highest BCUT2D eigenvalue weighted by atomic mass is 32.1. The zero-order chi connectivity index (χ0) is 21.7. The molecule has 1 heterocycles. The minimum absolute atomic E-state index is 0.00117. The average molecular weight is 425 g/mol. The molecular weight excluding hydrogens is 400 g/mol. The number of benzene rings is 2. The van der Waals surface area contributed by atoms with Crippen LogP contribution in [-0.4, -0.2) is 30.1 Å². The summed E-state index contributed by atoms with van der Waals surface area (Å²) in [6.45, 7) is 7.15. The molecule has 0 atom stereocenters. The van der Waals surface area contributed by atoms with Gasteiger partial charge in [-0.2, -0.15) is 0 Å². The lowest BCUT2D eigenvalue weighted by atomic mass is 10.1. The van der Waals surface area contributed by atoms with Crippen molar-refractivity contribution >= 4 is 40.9 Å². The van der Waals surface area contributed by atoms with Crippen LogP contribution in [-0.2, 0) is 9.59 Å². The molecule has 2 aromatic carbocycles. The summed E-state index contributed by atoms with van der Waals surface area (Å²) in [7, 11) is 0. The molecule has 156 valence electrons. The third-order valence-corrected chi connectivity index (χ3v) is 4.55. The van der Waals surface area contributed by atoms with Gasteiger partial charge in [0.25, 0.3) is 11.8 Å². The molecule has 0 radical (unpaired) electrons. The summed E-state index contributed by atoms with van der Waals surface area (Å²) in [5.74, 6) is 0.761. The van der Waals surface area contributed by atoms with Gasteiger partial charge in [-0.1, -0.05) is 32.0 Å². The summed E-state index contributed by atoms with van der Waals surface area (Å²) in [4.78, 5) is 26.9. The Bertz CT molecular complexity index is 983. The van der Waals surface area contributed by atoms with Gasteiger partial charge < -0.3 is 9.47 Å². The Hall–Kier alpha value is -3.19. The number of thiocarbonyl (C=S) groups is 1. The maximum absolute atomic E-state index is 13.1. The summed E-state index contributed by atoms with van der Waals surface area (Å²) in [5.41, 5.74) is 1.24. The van der Waals surface area contributed by atoms with Crippen LogP contribution >= 0.6 is 12.2 Å². The first-order valence-electron chi connectivity index (χ1n) is 9.76. The monoisotopic (exact) mass is 424 g/mol. The fraction of sp³-hybridized carbons (Fsp3) is 0.261. The van der Waals surface area contributed by atoms with Crippen LogP contribution in [0, 0.1) is 5.92 Å². The maximum atomic E-state index is 13.1. The minimum atomic E-state index is -0.526. The highest BCUT2D eigenvalue weighted by Crippen LogP contribution is 2.26. The molecule has 7 heteroatoms. The number of amides is 2. The molecule has 1 aliphatic rings. The molecule has 0 bridgehead atoms. The van der Waals surface area contributed by atoms with E-state index >= 15 is 0 Å². The van der Waals surface area contributed by atoms with Gasteiger partial charge in [0.1, 0.15) is 17.1 Å². The first kappa shape index (κ1) is 21.5. The highest BCUT2D eigenvalue weighted by molar-refractivity contribution is 7.80. The van der Waals surface area contributed by atoms with E-state index in [-0.39, 0.29) is 10.7 Å². The Morgan fingerprint density at radius 3 is 2.47 bits per heavy atom. The Kier molecular flexibility index (Phi) is 6.84. The molecule has 0 aromatic heterocycles. The molecule has 1 saturated heterocycles. The molecule has 0 aliphatic carbocycles. The van der Waals surface area contributed by atoms with Gasteiger partial charge in [-0.25, -0.2) is 0 Å². The van der Waals surface area contributed by atoms with Crippen LogP contribution in [0.2, 0.25) is 0 Å². The fourth-order valence-corrected chi connectivity index (χ4v) is 3.14. The standard InChI is InChI=1S/C23H24N2O4S/c1-4-28-19-7-5-6-17(13-19)25-22(27)20(21(26)24-23(25)30)12-16-8-10-18(11-9-16)29-14-15(2)3/h5-13,15H,4,14H2,1-3H3,(H,24,26,30). The second kappa shape index (κ2) is 9.54. The second-order valence-electron chi connectivity index (χ2n) is 7.16. The molecule has 6 nitrogen and oxygen atoms in total. The molecule has 0 saturated carbocycles. The van der Waals surface area contributed by atoms with Crippen molar-refractivity contribution in [1.29, 1.82) is 0 Å². The number of anilines is 1. The third kappa shape index (κ3) is 5.04. The van der Waals surface area contributed by atoms with E-state index in [2.05, 4.69) is 19.2 Å². The van der Waals surface area contributed by atoms with Gasteiger partial charge >= 0.3 is 0 Å². The molecule has 3 rings (SSSR count). The van der Waals surface area contributed by atoms with Crippen molar-refractivity contribution in [3.8, 4) is 11.5 Å². The molecule has 1 aliphatic heterocycles. The van der Waals surface area contributed by atoms with Crippen molar-refractivity contribution in [3.63, 3.8) is 0 Å². The molecule has 2 aromatic rings.